The molecule has 4 heteroatoms. The molecule has 0 unspecified atom stereocenters. The molecule has 0 saturated carbocycles. The fourth-order valence-corrected chi connectivity index (χ4v) is 1.51. The zero-order valence-electron chi connectivity index (χ0n) is 7.69. The average molecular weight is 188 g/mol. The van der Waals surface area contributed by atoms with Gasteiger partial charge in [-0.05, 0) is 7.05 Å². The number of nitrogens with one attached hydrogen (secondary N) is 1. The summed E-state index contributed by atoms with van der Waals surface area (Å²) in [7, 11) is 3.89. The molecule has 1 N–H and O–H groups in total. The van der Waals surface area contributed by atoms with E-state index in [-0.39, 0.29) is 0 Å². The summed E-state index contributed by atoms with van der Waals surface area (Å²) < 4.78 is 2.04. The minimum absolute atomic E-state index is 0.615. The monoisotopic (exact) mass is 187 g/mol. The number of aromatic nitrogens is 2. The van der Waals surface area contributed by atoms with Gasteiger partial charge >= 0.3 is 0 Å². The second-order valence-corrected chi connectivity index (χ2v) is 3.07. The van der Waals surface area contributed by atoms with Gasteiger partial charge in [0.25, 0.3) is 0 Å². The van der Waals surface area contributed by atoms with Gasteiger partial charge in [-0.25, -0.2) is 4.98 Å². The van der Waals surface area contributed by atoms with E-state index in [4.69, 9.17) is 11.6 Å². The third kappa shape index (κ3) is 1.62. The van der Waals surface area contributed by atoms with Crippen LogP contribution in [0.15, 0.2) is 0 Å². The molecule has 1 rings (SSSR count). The lowest BCUT2D eigenvalue weighted by molar-refractivity contribution is 0.707. The number of hydrogen-bond donors (Lipinski definition) is 1. The molecule has 3 nitrogen and oxygen atoms in total. The van der Waals surface area contributed by atoms with Gasteiger partial charge in [0.05, 0.1) is 5.69 Å². The molecule has 12 heavy (non-hydrogen) atoms. The van der Waals surface area contributed by atoms with Crippen LogP contribution in [0.5, 0.6) is 0 Å². The Labute approximate surface area is 77.7 Å². The van der Waals surface area contributed by atoms with Gasteiger partial charge in [0.15, 0.2) is 5.15 Å². The summed E-state index contributed by atoms with van der Waals surface area (Å²) in [5.74, 6) is 1.03. The van der Waals surface area contributed by atoms with Crippen molar-refractivity contribution >= 4 is 11.6 Å². The number of rotatable bonds is 3. The molecule has 1 heterocycles. The highest BCUT2D eigenvalue weighted by Crippen LogP contribution is 2.15. The zero-order valence-corrected chi connectivity index (χ0v) is 8.44. The van der Waals surface area contributed by atoms with E-state index >= 15 is 0 Å². The molecule has 0 radical (unpaired) electrons. The van der Waals surface area contributed by atoms with Gasteiger partial charge in [-0.2, -0.15) is 0 Å². The third-order valence-corrected chi connectivity index (χ3v) is 2.22. The first kappa shape index (κ1) is 9.55. The molecule has 0 amide bonds. The molecule has 0 atom stereocenters. The van der Waals surface area contributed by atoms with Crippen LogP contribution in [-0.4, -0.2) is 16.6 Å². The van der Waals surface area contributed by atoms with Crippen LogP contribution in [-0.2, 0) is 20.0 Å². The smallest absolute Gasteiger partial charge is 0.151 e. The first-order valence-electron chi connectivity index (χ1n) is 4.05. The van der Waals surface area contributed by atoms with Gasteiger partial charge in [-0.15, -0.1) is 0 Å². The molecular weight excluding hydrogens is 174 g/mol. The van der Waals surface area contributed by atoms with E-state index in [2.05, 4.69) is 17.2 Å². The van der Waals surface area contributed by atoms with Crippen molar-refractivity contribution in [1.29, 1.82) is 0 Å². The van der Waals surface area contributed by atoms with Crippen LogP contribution in [0.2, 0.25) is 5.15 Å². The summed E-state index contributed by atoms with van der Waals surface area (Å²) in [6.45, 7) is 2.84. The average Bonchev–Trinajstić information content (AvgIpc) is 2.32. The fourth-order valence-electron chi connectivity index (χ4n) is 1.22. The van der Waals surface area contributed by atoms with Crippen LogP contribution in [0, 0.1) is 0 Å². The summed E-state index contributed by atoms with van der Waals surface area (Å²) >= 11 is 5.94. The van der Waals surface area contributed by atoms with Crippen LogP contribution in [0.3, 0.4) is 0 Å². The normalized spacial score (nSPS) is 10.7. The van der Waals surface area contributed by atoms with Crippen molar-refractivity contribution in [3.8, 4) is 0 Å². The molecule has 1 aromatic rings. The van der Waals surface area contributed by atoms with E-state index in [0.29, 0.717) is 5.15 Å². The van der Waals surface area contributed by atoms with Gasteiger partial charge in [0.2, 0.25) is 0 Å². The Bertz CT molecular complexity index is 268. The molecule has 68 valence electrons. The number of nitrogens with zero attached hydrogens (tertiary/aromatic N) is 2. The van der Waals surface area contributed by atoms with Gasteiger partial charge in [-0.1, -0.05) is 18.5 Å². The number of imidazole rings is 1. The van der Waals surface area contributed by atoms with Crippen molar-refractivity contribution in [3.63, 3.8) is 0 Å². The van der Waals surface area contributed by atoms with Crippen molar-refractivity contribution in [2.75, 3.05) is 7.05 Å². The van der Waals surface area contributed by atoms with Crippen molar-refractivity contribution < 1.29 is 0 Å². The Morgan fingerprint density at radius 2 is 2.25 bits per heavy atom. The quantitative estimate of drug-likeness (QED) is 0.775. The fraction of sp³-hybridized carbons (Fsp3) is 0.625. The van der Waals surface area contributed by atoms with Crippen molar-refractivity contribution in [2.45, 2.75) is 19.9 Å². The van der Waals surface area contributed by atoms with Crippen molar-refractivity contribution in [2.24, 2.45) is 7.05 Å². The Hall–Kier alpha value is -0.540. The largest absolute Gasteiger partial charge is 0.333 e. The van der Waals surface area contributed by atoms with Crippen LogP contribution in [0.1, 0.15) is 18.4 Å². The number of aryl methyl sites for hydroxylation is 1. The van der Waals surface area contributed by atoms with Crippen LogP contribution in [0.4, 0.5) is 0 Å². The van der Waals surface area contributed by atoms with E-state index in [1.165, 1.54) is 0 Å². The zero-order chi connectivity index (χ0) is 9.14. The molecule has 1 aromatic heterocycles. The van der Waals surface area contributed by atoms with Gasteiger partial charge in [-0.3, -0.25) is 0 Å². The topological polar surface area (TPSA) is 29.9 Å². The maximum absolute atomic E-state index is 5.94. The number of halogens is 1. The summed E-state index contributed by atoms with van der Waals surface area (Å²) in [4.78, 5) is 4.24. The van der Waals surface area contributed by atoms with Crippen LogP contribution >= 0.6 is 11.6 Å². The van der Waals surface area contributed by atoms with E-state index < -0.39 is 0 Å². The minimum atomic E-state index is 0.615. The van der Waals surface area contributed by atoms with Gasteiger partial charge < -0.3 is 9.88 Å². The lowest BCUT2D eigenvalue weighted by Crippen LogP contribution is -2.10. The summed E-state index contributed by atoms with van der Waals surface area (Å²) in [6, 6.07) is 0. The molecule has 0 spiro atoms. The van der Waals surface area contributed by atoms with E-state index in [1.807, 2.05) is 18.7 Å². The SMILES string of the molecule is CCc1nc(Cl)c(CNC)n1C. The maximum atomic E-state index is 5.94. The molecule has 0 bridgehead atoms. The highest BCUT2D eigenvalue weighted by Gasteiger charge is 2.09. The maximum Gasteiger partial charge on any atom is 0.151 e. The van der Waals surface area contributed by atoms with Crippen LogP contribution in [0.25, 0.3) is 0 Å². The third-order valence-electron chi connectivity index (χ3n) is 1.92. The summed E-state index contributed by atoms with van der Waals surface area (Å²) in [5, 5.41) is 3.67. The van der Waals surface area contributed by atoms with Crippen LogP contribution < -0.4 is 5.32 Å². The molecular formula is C8H14ClN3. The predicted molar refractivity (Wildman–Crippen MR) is 50.4 cm³/mol. The Balaban J connectivity index is 3.01. The van der Waals surface area contributed by atoms with E-state index in [1.54, 1.807) is 0 Å². The predicted octanol–water partition coefficient (Wildman–Crippen LogP) is 1.36. The summed E-state index contributed by atoms with van der Waals surface area (Å²) in [5.41, 5.74) is 1.05. The first-order chi connectivity index (χ1) is 5.70. The molecule has 0 aliphatic carbocycles. The highest BCUT2D eigenvalue weighted by atomic mass is 35.5. The molecule has 0 aliphatic heterocycles. The second kappa shape index (κ2) is 3.92. The summed E-state index contributed by atoms with van der Waals surface area (Å²) in [6.07, 6.45) is 0.917. The van der Waals surface area contributed by atoms with Gasteiger partial charge in [0, 0.05) is 20.0 Å². The van der Waals surface area contributed by atoms with E-state index in [0.717, 1.165) is 24.5 Å². The minimum Gasteiger partial charge on any atom is -0.333 e. The second-order valence-electron chi connectivity index (χ2n) is 2.71. The lowest BCUT2D eigenvalue weighted by Gasteiger charge is -2.03. The highest BCUT2D eigenvalue weighted by molar-refractivity contribution is 6.30. The molecule has 0 aliphatic rings. The molecule has 0 saturated heterocycles. The van der Waals surface area contributed by atoms with Crippen molar-refractivity contribution in [1.82, 2.24) is 14.9 Å². The first-order valence-corrected chi connectivity index (χ1v) is 4.43. The molecule has 0 fully saturated rings. The molecule has 0 aromatic carbocycles. The Morgan fingerprint density at radius 1 is 1.58 bits per heavy atom. The number of hydrogen-bond acceptors (Lipinski definition) is 2. The Kier molecular flexibility index (Phi) is 3.12. The van der Waals surface area contributed by atoms with Gasteiger partial charge in [0.1, 0.15) is 5.82 Å². The lowest BCUT2D eigenvalue weighted by atomic mass is 10.4. The van der Waals surface area contributed by atoms with Crippen molar-refractivity contribution in [3.05, 3.63) is 16.7 Å². The van der Waals surface area contributed by atoms with E-state index in [9.17, 15) is 0 Å². The Morgan fingerprint density at radius 3 is 2.67 bits per heavy atom. The standard InChI is InChI=1S/C8H14ClN3/c1-4-7-11-8(9)6(5-10-2)12(7)3/h10H,4-5H2,1-3H3.